The molecule has 1 atom stereocenters. The van der Waals surface area contributed by atoms with Crippen molar-refractivity contribution in [3.63, 3.8) is 0 Å². The maximum atomic E-state index is 11.6. The van der Waals surface area contributed by atoms with Gasteiger partial charge in [0.2, 0.25) is 15.9 Å². The van der Waals surface area contributed by atoms with E-state index in [1.807, 2.05) is 30.3 Å². The highest BCUT2D eigenvalue weighted by molar-refractivity contribution is 7.89. The molecule has 4 N–H and O–H groups in total. The molecular formula is C14H23N3O4S. The van der Waals surface area contributed by atoms with E-state index in [2.05, 4.69) is 10.0 Å². The third-order valence-electron chi connectivity index (χ3n) is 2.90. The summed E-state index contributed by atoms with van der Waals surface area (Å²) in [6.45, 7) is 2.27. The van der Waals surface area contributed by atoms with Crippen molar-refractivity contribution in [3.05, 3.63) is 35.9 Å². The fourth-order valence-electron chi connectivity index (χ4n) is 1.67. The minimum atomic E-state index is -3.51. The van der Waals surface area contributed by atoms with Gasteiger partial charge in [0.1, 0.15) is 0 Å². The molecule has 1 aromatic carbocycles. The maximum Gasteiger partial charge on any atom is 0.235 e. The van der Waals surface area contributed by atoms with E-state index < -0.39 is 15.9 Å². The molecule has 0 aliphatic carbocycles. The number of hydrogen-bond donors (Lipinski definition) is 3. The summed E-state index contributed by atoms with van der Waals surface area (Å²) in [5, 5.41) is 2.60. The van der Waals surface area contributed by atoms with Crippen LogP contribution < -0.4 is 15.8 Å². The van der Waals surface area contributed by atoms with Crippen molar-refractivity contribution in [2.24, 2.45) is 5.73 Å². The lowest BCUT2D eigenvalue weighted by atomic mass is 10.1. The maximum absolute atomic E-state index is 11.6. The lowest BCUT2D eigenvalue weighted by Crippen LogP contribution is -2.40. The highest BCUT2D eigenvalue weighted by Gasteiger charge is 2.13. The molecule has 0 spiro atoms. The zero-order valence-corrected chi connectivity index (χ0v) is 13.4. The van der Waals surface area contributed by atoms with Crippen LogP contribution in [-0.4, -0.2) is 46.4 Å². The van der Waals surface area contributed by atoms with E-state index in [0.29, 0.717) is 6.61 Å². The van der Waals surface area contributed by atoms with Crippen LogP contribution in [0.4, 0.5) is 0 Å². The van der Waals surface area contributed by atoms with E-state index in [9.17, 15) is 13.2 Å². The van der Waals surface area contributed by atoms with Crippen LogP contribution in [0.1, 0.15) is 18.5 Å². The molecule has 22 heavy (non-hydrogen) atoms. The van der Waals surface area contributed by atoms with Gasteiger partial charge in [-0.1, -0.05) is 30.3 Å². The zero-order valence-electron chi connectivity index (χ0n) is 12.6. The Morgan fingerprint density at radius 2 is 2.00 bits per heavy atom. The number of carbonyl (C=O) groups excluding carboxylic acids is 1. The van der Waals surface area contributed by atoms with E-state index in [4.69, 9.17) is 10.5 Å². The molecule has 0 bridgehead atoms. The molecule has 124 valence electrons. The Bertz CT molecular complexity index is 548. The molecule has 0 aliphatic heterocycles. The summed E-state index contributed by atoms with van der Waals surface area (Å²) < 4.78 is 30.3. The lowest BCUT2D eigenvalue weighted by Gasteiger charge is -2.13. The molecule has 1 unspecified atom stereocenters. The van der Waals surface area contributed by atoms with Crippen molar-refractivity contribution >= 4 is 15.9 Å². The molecule has 0 aliphatic rings. The average molecular weight is 329 g/mol. The van der Waals surface area contributed by atoms with Crippen LogP contribution in [0.3, 0.4) is 0 Å². The van der Waals surface area contributed by atoms with Crippen LogP contribution in [0.25, 0.3) is 0 Å². The van der Waals surface area contributed by atoms with Gasteiger partial charge < -0.3 is 15.8 Å². The molecular weight excluding hydrogens is 306 g/mol. The van der Waals surface area contributed by atoms with Crippen molar-refractivity contribution in [1.29, 1.82) is 0 Å². The van der Waals surface area contributed by atoms with Crippen molar-refractivity contribution in [3.8, 4) is 0 Å². The van der Waals surface area contributed by atoms with E-state index >= 15 is 0 Å². The van der Waals surface area contributed by atoms with Crippen LogP contribution in [0, 0.1) is 0 Å². The Kier molecular flexibility index (Phi) is 8.03. The summed E-state index contributed by atoms with van der Waals surface area (Å²) in [7, 11) is -3.51. The predicted octanol–water partition coefficient (Wildman–Crippen LogP) is -0.241. The lowest BCUT2D eigenvalue weighted by molar-refractivity contribution is -0.120. The van der Waals surface area contributed by atoms with Gasteiger partial charge in [0.25, 0.3) is 0 Å². The monoisotopic (exact) mass is 329 g/mol. The van der Waals surface area contributed by atoms with Gasteiger partial charge in [0, 0.05) is 19.2 Å². The highest BCUT2D eigenvalue weighted by Crippen LogP contribution is 2.07. The molecule has 1 rings (SSSR count). The van der Waals surface area contributed by atoms with Gasteiger partial charge in [0.05, 0.1) is 18.9 Å². The number of benzene rings is 1. The molecule has 0 heterocycles. The molecule has 0 radical (unpaired) electrons. The fraction of sp³-hybridized carbons (Fsp3) is 0.500. The van der Waals surface area contributed by atoms with Crippen molar-refractivity contribution in [2.45, 2.75) is 13.0 Å². The predicted molar refractivity (Wildman–Crippen MR) is 84.7 cm³/mol. The number of nitrogens with two attached hydrogens (primary N) is 1. The van der Waals surface area contributed by atoms with Crippen molar-refractivity contribution in [1.82, 2.24) is 10.0 Å². The first-order valence-electron chi connectivity index (χ1n) is 7.07. The summed E-state index contributed by atoms with van der Waals surface area (Å²) in [5.41, 5.74) is 6.84. The number of carbonyl (C=O) groups is 1. The average Bonchev–Trinajstić information content (AvgIpc) is 2.51. The Labute approximate surface area is 131 Å². The summed E-state index contributed by atoms with van der Waals surface area (Å²) in [4.78, 5) is 11.6. The molecule has 1 amide bonds. The largest absolute Gasteiger partial charge is 0.381 e. The quantitative estimate of drug-likeness (QED) is 0.513. The van der Waals surface area contributed by atoms with E-state index in [0.717, 1.165) is 5.56 Å². The van der Waals surface area contributed by atoms with Gasteiger partial charge in [-0.15, -0.1) is 0 Å². The van der Waals surface area contributed by atoms with E-state index in [1.54, 1.807) is 6.92 Å². The normalized spacial score (nSPS) is 12.8. The molecule has 1 aromatic rings. The second kappa shape index (κ2) is 9.52. The van der Waals surface area contributed by atoms with Gasteiger partial charge in [-0.3, -0.25) is 4.79 Å². The van der Waals surface area contributed by atoms with Gasteiger partial charge in [-0.05, 0) is 12.5 Å². The number of rotatable bonds is 10. The van der Waals surface area contributed by atoms with Gasteiger partial charge in [0.15, 0.2) is 0 Å². The smallest absolute Gasteiger partial charge is 0.235 e. The van der Waals surface area contributed by atoms with Gasteiger partial charge >= 0.3 is 0 Å². The standard InChI is InChI=1S/C14H23N3O4S/c1-2-21-8-9-22(19,20)17-11-14(18)16-10-13(15)12-6-4-3-5-7-12/h3-7,13,17H,2,8-11,15H2,1H3,(H,16,18). The third-order valence-corrected chi connectivity index (χ3v) is 4.19. The minimum absolute atomic E-state index is 0.104. The summed E-state index contributed by atoms with van der Waals surface area (Å²) in [6, 6.07) is 9.01. The Morgan fingerprint density at radius 1 is 1.32 bits per heavy atom. The van der Waals surface area contributed by atoms with Gasteiger partial charge in [-0.25, -0.2) is 13.1 Å². The Morgan fingerprint density at radius 3 is 2.64 bits per heavy atom. The van der Waals surface area contributed by atoms with Crippen LogP contribution >= 0.6 is 0 Å². The first-order chi connectivity index (χ1) is 10.4. The molecule has 0 saturated heterocycles. The second-order valence-corrected chi connectivity index (χ2v) is 6.58. The topological polar surface area (TPSA) is 111 Å². The first-order valence-corrected chi connectivity index (χ1v) is 8.72. The second-order valence-electron chi connectivity index (χ2n) is 4.66. The summed E-state index contributed by atoms with van der Waals surface area (Å²) in [6.07, 6.45) is 0. The molecule has 0 aromatic heterocycles. The molecule has 7 nitrogen and oxygen atoms in total. The van der Waals surface area contributed by atoms with E-state index in [-0.39, 0.29) is 31.5 Å². The van der Waals surface area contributed by atoms with Gasteiger partial charge in [-0.2, -0.15) is 0 Å². The third kappa shape index (κ3) is 7.51. The van der Waals surface area contributed by atoms with Crippen molar-refractivity contribution < 1.29 is 17.9 Å². The first kappa shape index (κ1) is 18.6. The molecule has 8 heteroatoms. The number of hydrogen-bond acceptors (Lipinski definition) is 5. The van der Waals surface area contributed by atoms with Crippen LogP contribution in [0.2, 0.25) is 0 Å². The number of ether oxygens (including phenoxy) is 1. The van der Waals surface area contributed by atoms with Crippen molar-refractivity contribution in [2.75, 3.05) is 32.1 Å². The molecule has 0 fully saturated rings. The minimum Gasteiger partial charge on any atom is -0.381 e. The number of amides is 1. The highest BCUT2D eigenvalue weighted by atomic mass is 32.2. The number of sulfonamides is 1. The van der Waals surface area contributed by atoms with Crippen LogP contribution in [0.15, 0.2) is 30.3 Å². The van der Waals surface area contributed by atoms with Crippen LogP contribution in [0.5, 0.6) is 0 Å². The number of nitrogens with one attached hydrogen (secondary N) is 2. The summed E-state index contributed by atoms with van der Waals surface area (Å²) in [5.74, 6) is -0.594. The molecule has 0 saturated carbocycles. The Hall–Kier alpha value is -1.48. The SMILES string of the molecule is CCOCCS(=O)(=O)NCC(=O)NCC(N)c1ccccc1. The zero-order chi connectivity index (χ0) is 16.4. The van der Waals surface area contributed by atoms with Crippen LogP contribution in [-0.2, 0) is 19.6 Å². The van der Waals surface area contributed by atoms with E-state index in [1.165, 1.54) is 0 Å². The Balaban J connectivity index is 2.29. The summed E-state index contributed by atoms with van der Waals surface area (Å²) >= 11 is 0. The fourth-order valence-corrected chi connectivity index (χ4v) is 2.50.